The summed E-state index contributed by atoms with van der Waals surface area (Å²) in [7, 11) is 1.94. The smallest absolute Gasteiger partial charge is 0.246 e. The molecule has 0 N–H and O–H groups in total. The number of piperidine rings is 1. The summed E-state index contributed by atoms with van der Waals surface area (Å²) in [5, 5.41) is 4.23. The van der Waals surface area contributed by atoms with E-state index in [0.29, 0.717) is 26.1 Å². The fraction of sp³-hybridized carbons (Fsp3) is 0.650. The SMILES string of the molecule is Cn1nccc1C1=CCN(C(=O)C(N2CCCCC2=O)C(C)(C)C)CC1. The van der Waals surface area contributed by atoms with Gasteiger partial charge in [-0.2, -0.15) is 5.10 Å². The lowest BCUT2D eigenvalue weighted by Crippen LogP contribution is -2.58. The minimum atomic E-state index is -0.387. The molecule has 2 aliphatic heterocycles. The average molecular weight is 358 g/mol. The molecule has 6 nitrogen and oxygen atoms in total. The van der Waals surface area contributed by atoms with Crippen LogP contribution in [0.4, 0.5) is 0 Å². The van der Waals surface area contributed by atoms with Gasteiger partial charge in [0.1, 0.15) is 6.04 Å². The highest BCUT2D eigenvalue weighted by Gasteiger charge is 2.41. The van der Waals surface area contributed by atoms with Crippen molar-refractivity contribution in [3.63, 3.8) is 0 Å². The van der Waals surface area contributed by atoms with Gasteiger partial charge in [0.25, 0.3) is 0 Å². The van der Waals surface area contributed by atoms with E-state index in [1.165, 1.54) is 5.57 Å². The first-order valence-corrected chi connectivity index (χ1v) is 9.54. The highest BCUT2D eigenvalue weighted by molar-refractivity contribution is 5.89. The molecule has 0 saturated carbocycles. The van der Waals surface area contributed by atoms with Crippen LogP contribution in [0.3, 0.4) is 0 Å². The van der Waals surface area contributed by atoms with Gasteiger partial charge in [0.2, 0.25) is 11.8 Å². The average Bonchev–Trinajstić information content (AvgIpc) is 3.02. The van der Waals surface area contributed by atoms with E-state index in [4.69, 9.17) is 0 Å². The monoisotopic (exact) mass is 358 g/mol. The number of hydrogen-bond donors (Lipinski definition) is 0. The van der Waals surface area contributed by atoms with Gasteiger partial charge < -0.3 is 9.80 Å². The van der Waals surface area contributed by atoms with Crippen LogP contribution < -0.4 is 0 Å². The second-order valence-electron chi connectivity index (χ2n) is 8.42. The van der Waals surface area contributed by atoms with Crippen molar-refractivity contribution in [2.45, 2.75) is 52.5 Å². The number of aryl methyl sites for hydroxylation is 1. The van der Waals surface area contributed by atoms with Gasteiger partial charge >= 0.3 is 0 Å². The number of rotatable bonds is 3. The third-order valence-corrected chi connectivity index (χ3v) is 5.40. The molecule has 0 radical (unpaired) electrons. The molecule has 6 heteroatoms. The summed E-state index contributed by atoms with van der Waals surface area (Å²) in [5.74, 6) is 0.195. The molecule has 1 atom stereocenters. The van der Waals surface area contributed by atoms with E-state index >= 15 is 0 Å². The Morgan fingerprint density at radius 1 is 1.19 bits per heavy atom. The highest BCUT2D eigenvalue weighted by Crippen LogP contribution is 2.30. The molecule has 142 valence electrons. The highest BCUT2D eigenvalue weighted by atomic mass is 16.2. The molecule has 1 aromatic heterocycles. The van der Waals surface area contributed by atoms with Crippen LogP contribution in [0.25, 0.3) is 5.57 Å². The lowest BCUT2D eigenvalue weighted by atomic mass is 9.83. The number of hydrogen-bond acceptors (Lipinski definition) is 3. The van der Waals surface area contributed by atoms with Crippen LogP contribution in [0.5, 0.6) is 0 Å². The van der Waals surface area contributed by atoms with Crippen LogP contribution in [-0.2, 0) is 16.6 Å². The Hall–Kier alpha value is -2.11. The van der Waals surface area contributed by atoms with E-state index < -0.39 is 0 Å². The zero-order valence-corrected chi connectivity index (χ0v) is 16.4. The number of amides is 2. The quantitative estimate of drug-likeness (QED) is 0.834. The second kappa shape index (κ2) is 7.25. The van der Waals surface area contributed by atoms with Gasteiger partial charge in [-0.1, -0.05) is 26.8 Å². The minimum Gasteiger partial charge on any atom is -0.337 e. The molecule has 1 saturated heterocycles. The molecule has 2 aliphatic rings. The van der Waals surface area contributed by atoms with Crippen LogP contribution in [0.1, 0.15) is 52.1 Å². The Morgan fingerprint density at radius 3 is 2.50 bits per heavy atom. The van der Waals surface area contributed by atoms with Crippen LogP contribution >= 0.6 is 0 Å². The lowest BCUT2D eigenvalue weighted by molar-refractivity contribution is -0.152. The van der Waals surface area contributed by atoms with E-state index in [0.717, 1.165) is 25.0 Å². The second-order valence-corrected chi connectivity index (χ2v) is 8.42. The minimum absolute atomic E-state index is 0.0769. The van der Waals surface area contributed by atoms with Gasteiger partial charge in [-0.15, -0.1) is 0 Å². The molecule has 3 rings (SSSR count). The number of carbonyl (C=O) groups excluding carboxylic acids is 2. The third-order valence-electron chi connectivity index (χ3n) is 5.40. The summed E-state index contributed by atoms with van der Waals surface area (Å²) in [6.45, 7) is 8.13. The maximum absolute atomic E-state index is 13.3. The van der Waals surface area contributed by atoms with Gasteiger partial charge in [0.15, 0.2) is 0 Å². The molecule has 1 unspecified atom stereocenters. The maximum atomic E-state index is 13.3. The predicted molar refractivity (Wildman–Crippen MR) is 101 cm³/mol. The molecule has 1 fully saturated rings. The zero-order valence-electron chi connectivity index (χ0n) is 16.4. The van der Waals surface area contributed by atoms with Crippen molar-refractivity contribution < 1.29 is 9.59 Å². The number of nitrogens with zero attached hydrogens (tertiary/aromatic N) is 4. The Kier molecular flexibility index (Phi) is 5.21. The van der Waals surface area contributed by atoms with E-state index in [9.17, 15) is 9.59 Å². The standard InChI is InChI=1S/C20H30N4O2/c1-20(2,3)18(24-12-6-5-7-17(24)25)19(26)23-13-9-15(10-14-23)16-8-11-21-22(16)4/h8-9,11,18H,5-7,10,12-14H2,1-4H3. The van der Waals surface area contributed by atoms with Gasteiger partial charge in [0, 0.05) is 39.3 Å². The Bertz CT molecular complexity index is 714. The Morgan fingerprint density at radius 2 is 1.96 bits per heavy atom. The third kappa shape index (κ3) is 3.69. The molecule has 0 aliphatic carbocycles. The molecule has 1 aromatic rings. The van der Waals surface area contributed by atoms with Crippen molar-refractivity contribution in [3.8, 4) is 0 Å². The normalized spacial score (nSPS) is 20.2. The molecule has 0 spiro atoms. The Labute approximate surface area is 155 Å². The first-order chi connectivity index (χ1) is 12.3. The van der Waals surface area contributed by atoms with Crippen molar-refractivity contribution in [1.82, 2.24) is 19.6 Å². The van der Waals surface area contributed by atoms with Crippen molar-refractivity contribution in [2.75, 3.05) is 19.6 Å². The molecule has 0 bridgehead atoms. The lowest BCUT2D eigenvalue weighted by Gasteiger charge is -2.43. The van der Waals surface area contributed by atoms with Crippen molar-refractivity contribution in [1.29, 1.82) is 0 Å². The van der Waals surface area contributed by atoms with E-state index in [-0.39, 0.29) is 23.3 Å². The van der Waals surface area contributed by atoms with Crippen molar-refractivity contribution >= 4 is 17.4 Å². The van der Waals surface area contributed by atoms with Crippen LogP contribution in [0, 0.1) is 5.41 Å². The number of carbonyl (C=O) groups is 2. The summed E-state index contributed by atoms with van der Waals surface area (Å²) >= 11 is 0. The van der Waals surface area contributed by atoms with Crippen molar-refractivity contribution in [3.05, 3.63) is 24.0 Å². The topological polar surface area (TPSA) is 58.4 Å². The van der Waals surface area contributed by atoms with Crippen molar-refractivity contribution in [2.24, 2.45) is 12.5 Å². The summed E-state index contributed by atoms with van der Waals surface area (Å²) in [4.78, 5) is 29.5. The van der Waals surface area contributed by atoms with Crippen LogP contribution in [0.15, 0.2) is 18.3 Å². The largest absolute Gasteiger partial charge is 0.337 e. The van der Waals surface area contributed by atoms with E-state index in [1.807, 2.05) is 27.6 Å². The predicted octanol–water partition coefficient (Wildman–Crippen LogP) is 2.46. The van der Waals surface area contributed by atoms with Gasteiger partial charge in [-0.25, -0.2) is 0 Å². The fourth-order valence-electron chi connectivity index (χ4n) is 4.03. The van der Waals surface area contributed by atoms with Crippen LogP contribution in [-0.4, -0.2) is 57.1 Å². The van der Waals surface area contributed by atoms with Gasteiger partial charge in [-0.3, -0.25) is 14.3 Å². The van der Waals surface area contributed by atoms with Gasteiger partial charge in [-0.05, 0) is 36.3 Å². The molecular formula is C20H30N4O2. The molecule has 0 aromatic carbocycles. The first-order valence-electron chi connectivity index (χ1n) is 9.54. The number of aromatic nitrogens is 2. The number of likely N-dealkylation sites (tertiary alicyclic amines) is 1. The summed E-state index contributed by atoms with van der Waals surface area (Å²) in [5.41, 5.74) is 2.06. The van der Waals surface area contributed by atoms with Crippen LogP contribution in [0.2, 0.25) is 0 Å². The summed E-state index contributed by atoms with van der Waals surface area (Å²) < 4.78 is 1.87. The van der Waals surface area contributed by atoms with E-state index in [2.05, 4.69) is 31.9 Å². The molecular weight excluding hydrogens is 328 g/mol. The first kappa shape index (κ1) is 18.7. The summed E-state index contributed by atoms with van der Waals surface area (Å²) in [6, 6.07) is 1.62. The molecule has 2 amide bonds. The fourth-order valence-corrected chi connectivity index (χ4v) is 4.03. The molecule has 26 heavy (non-hydrogen) atoms. The zero-order chi connectivity index (χ0) is 18.9. The Balaban J connectivity index is 1.77. The summed E-state index contributed by atoms with van der Waals surface area (Å²) in [6.07, 6.45) is 7.21. The molecule has 3 heterocycles. The van der Waals surface area contributed by atoms with E-state index in [1.54, 1.807) is 6.20 Å². The van der Waals surface area contributed by atoms with Gasteiger partial charge in [0.05, 0.1) is 5.69 Å². The maximum Gasteiger partial charge on any atom is 0.246 e.